The number of anilines is 1. The van der Waals surface area contributed by atoms with Crippen LogP contribution in [0.4, 0.5) is 5.69 Å². The maximum Gasteiger partial charge on any atom is 0.0369 e. The third-order valence-corrected chi connectivity index (χ3v) is 5.60. The van der Waals surface area contributed by atoms with Gasteiger partial charge in [0.05, 0.1) is 0 Å². The monoisotopic (exact) mass is 290 g/mol. The molecule has 1 atom stereocenters. The van der Waals surface area contributed by atoms with E-state index in [1.165, 1.54) is 61.5 Å². The third-order valence-electron chi connectivity index (χ3n) is 4.55. The number of nitrogens with zero attached hydrogens (tertiary/aromatic N) is 1. The molecule has 110 valence electrons. The van der Waals surface area contributed by atoms with Gasteiger partial charge in [-0.1, -0.05) is 12.1 Å². The van der Waals surface area contributed by atoms with Crippen LogP contribution >= 0.6 is 11.8 Å². The minimum absolute atomic E-state index is 0.464. The number of hydrogen-bond donors (Lipinski definition) is 1. The van der Waals surface area contributed by atoms with E-state index in [0.29, 0.717) is 12.1 Å². The Morgan fingerprint density at radius 1 is 1.20 bits per heavy atom. The van der Waals surface area contributed by atoms with Gasteiger partial charge in [0.2, 0.25) is 0 Å². The quantitative estimate of drug-likeness (QED) is 0.907. The molecule has 1 unspecified atom stereocenters. The van der Waals surface area contributed by atoms with Crippen molar-refractivity contribution in [1.29, 1.82) is 0 Å². The highest BCUT2D eigenvalue weighted by molar-refractivity contribution is 7.99. The molecule has 0 radical (unpaired) electrons. The molecule has 0 aromatic heterocycles. The van der Waals surface area contributed by atoms with E-state index < -0.39 is 0 Å². The van der Waals surface area contributed by atoms with E-state index in [2.05, 4.69) is 53.2 Å². The minimum atomic E-state index is 0.464. The van der Waals surface area contributed by atoms with Crippen LogP contribution in [0.25, 0.3) is 0 Å². The Morgan fingerprint density at radius 3 is 2.70 bits per heavy atom. The largest absolute Gasteiger partial charge is 0.372 e. The van der Waals surface area contributed by atoms with Crippen molar-refractivity contribution in [2.75, 3.05) is 29.5 Å². The maximum atomic E-state index is 3.82. The zero-order valence-corrected chi connectivity index (χ0v) is 13.3. The van der Waals surface area contributed by atoms with Crippen LogP contribution in [-0.2, 0) is 0 Å². The van der Waals surface area contributed by atoms with Crippen LogP contribution in [0.5, 0.6) is 0 Å². The van der Waals surface area contributed by atoms with Crippen LogP contribution in [-0.4, -0.2) is 30.6 Å². The highest BCUT2D eigenvalue weighted by Gasteiger charge is 2.18. The van der Waals surface area contributed by atoms with Crippen LogP contribution in [0, 0.1) is 0 Å². The van der Waals surface area contributed by atoms with E-state index in [1.807, 2.05) is 0 Å². The Morgan fingerprint density at radius 2 is 1.95 bits per heavy atom. The van der Waals surface area contributed by atoms with Crippen LogP contribution < -0.4 is 10.2 Å². The Kier molecular flexibility index (Phi) is 4.90. The molecule has 20 heavy (non-hydrogen) atoms. The molecule has 0 bridgehead atoms. The lowest BCUT2D eigenvalue weighted by atomic mass is 10.0. The Hall–Kier alpha value is -0.670. The first-order chi connectivity index (χ1) is 9.83. The van der Waals surface area contributed by atoms with Gasteiger partial charge in [-0.2, -0.15) is 11.8 Å². The average molecular weight is 290 g/mol. The average Bonchev–Trinajstić information content (AvgIpc) is 3.03. The van der Waals surface area contributed by atoms with Crippen molar-refractivity contribution in [2.45, 2.75) is 44.7 Å². The molecule has 0 amide bonds. The zero-order valence-electron chi connectivity index (χ0n) is 12.5. The molecular weight excluding hydrogens is 264 g/mol. The molecule has 2 aliphatic heterocycles. The van der Waals surface area contributed by atoms with Gasteiger partial charge in [-0.15, -0.1) is 0 Å². The fraction of sp³-hybridized carbons (Fsp3) is 0.647. The number of rotatable bonds is 4. The summed E-state index contributed by atoms with van der Waals surface area (Å²) in [6.07, 6.45) is 5.33. The molecular formula is C17H26N2S. The van der Waals surface area contributed by atoms with Crippen molar-refractivity contribution in [2.24, 2.45) is 0 Å². The van der Waals surface area contributed by atoms with Gasteiger partial charge in [0.25, 0.3) is 0 Å². The summed E-state index contributed by atoms with van der Waals surface area (Å²) >= 11 is 2.09. The van der Waals surface area contributed by atoms with Gasteiger partial charge < -0.3 is 10.2 Å². The standard InChI is InChI=1S/C17H26N2S/c1-14(18-16-7-11-20-12-8-16)15-5-4-6-17(13-15)19-9-2-3-10-19/h4-6,13-14,16,18H,2-3,7-12H2,1H3. The second-order valence-corrected chi connectivity index (χ2v) is 7.29. The minimum Gasteiger partial charge on any atom is -0.372 e. The molecule has 1 aromatic rings. The van der Waals surface area contributed by atoms with E-state index in [0.717, 1.165) is 0 Å². The smallest absolute Gasteiger partial charge is 0.0369 e. The summed E-state index contributed by atoms with van der Waals surface area (Å²) < 4.78 is 0. The molecule has 0 spiro atoms. The van der Waals surface area contributed by atoms with Crippen LogP contribution in [0.2, 0.25) is 0 Å². The fourth-order valence-electron chi connectivity index (χ4n) is 3.28. The van der Waals surface area contributed by atoms with Crippen molar-refractivity contribution in [3.63, 3.8) is 0 Å². The van der Waals surface area contributed by atoms with Gasteiger partial charge in [0, 0.05) is 30.9 Å². The first-order valence-electron chi connectivity index (χ1n) is 8.01. The summed E-state index contributed by atoms with van der Waals surface area (Å²) in [6.45, 7) is 4.76. The second-order valence-electron chi connectivity index (χ2n) is 6.06. The molecule has 2 aliphatic rings. The Labute approximate surface area is 127 Å². The second kappa shape index (κ2) is 6.86. The lowest BCUT2D eigenvalue weighted by Gasteiger charge is -2.27. The molecule has 2 saturated heterocycles. The van der Waals surface area contributed by atoms with Gasteiger partial charge in [-0.3, -0.25) is 0 Å². The SMILES string of the molecule is CC(NC1CCSCC1)c1cccc(N2CCCC2)c1. The molecule has 2 fully saturated rings. The molecule has 1 aromatic carbocycles. The molecule has 1 N–H and O–H groups in total. The van der Waals surface area contributed by atoms with Gasteiger partial charge in [-0.05, 0) is 61.8 Å². The molecule has 2 heterocycles. The number of thioether (sulfide) groups is 1. The normalized spacial score (nSPS) is 22.1. The van der Waals surface area contributed by atoms with E-state index in [9.17, 15) is 0 Å². The van der Waals surface area contributed by atoms with Crippen LogP contribution in [0.1, 0.15) is 44.2 Å². The topological polar surface area (TPSA) is 15.3 Å². The van der Waals surface area contributed by atoms with Gasteiger partial charge in [-0.25, -0.2) is 0 Å². The van der Waals surface area contributed by atoms with Crippen molar-refractivity contribution in [1.82, 2.24) is 5.32 Å². The predicted molar refractivity (Wildman–Crippen MR) is 89.8 cm³/mol. The van der Waals surface area contributed by atoms with Crippen LogP contribution in [0.15, 0.2) is 24.3 Å². The number of benzene rings is 1. The summed E-state index contributed by atoms with van der Waals surface area (Å²) in [5.74, 6) is 2.64. The Bertz CT molecular complexity index is 423. The number of hydrogen-bond acceptors (Lipinski definition) is 3. The molecule has 2 nitrogen and oxygen atoms in total. The van der Waals surface area contributed by atoms with E-state index in [4.69, 9.17) is 0 Å². The molecule has 0 saturated carbocycles. The first-order valence-corrected chi connectivity index (χ1v) is 9.17. The molecule has 0 aliphatic carbocycles. The van der Waals surface area contributed by atoms with Crippen LogP contribution in [0.3, 0.4) is 0 Å². The van der Waals surface area contributed by atoms with Crippen molar-refractivity contribution in [3.05, 3.63) is 29.8 Å². The zero-order chi connectivity index (χ0) is 13.8. The fourth-order valence-corrected chi connectivity index (χ4v) is 4.39. The van der Waals surface area contributed by atoms with Crippen molar-refractivity contribution >= 4 is 17.4 Å². The third kappa shape index (κ3) is 3.50. The summed E-state index contributed by atoms with van der Waals surface area (Å²) in [5.41, 5.74) is 2.85. The van der Waals surface area contributed by atoms with Gasteiger partial charge >= 0.3 is 0 Å². The predicted octanol–water partition coefficient (Wildman–Crippen LogP) is 3.83. The highest BCUT2D eigenvalue weighted by Crippen LogP contribution is 2.25. The van der Waals surface area contributed by atoms with Gasteiger partial charge in [0.15, 0.2) is 0 Å². The van der Waals surface area contributed by atoms with Gasteiger partial charge in [0.1, 0.15) is 0 Å². The van der Waals surface area contributed by atoms with E-state index in [1.54, 1.807) is 0 Å². The van der Waals surface area contributed by atoms with Crippen molar-refractivity contribution in [3.8, 4) is 0 Å². The summed E-state index contributed by atoms with van der Waals surface area (Å²) in [6, 6.07) is 10.3. The first kappa shape index (κ1) is 14.3. The maximum absolute atomic E-state index is 3.82. The molecule has 3 rings (SSSR count). The highest BCUT2D eigenvalue weighted by atomic mass is 32.2. The van der Waals surface area contributed by atoms with E-state index in [-0.39, 0.29) is 0 Å². The summed E-state index contributed by atoms with van der Waals surface area (Å²) in [5, 5.41) is 3.82. The number of nitrogens with one attached hydrogen (secondary N) is 1. The lowest BCUT2D eigenvalue weighted by Crippen LogP contribution is -2.34. The lowest BCUT2D eigenvalue weighted by molar-refractivity contribution is 0.431. The molecule has 3 heteroatoms. The van der Waals surface area contributed by atoms with E-state index >= 15 is 0 Å². The summed E-state index contributed by atoms with van der Waals surface area (Å²) in [7, 11) is 0. The van der Waals surface area contributed by atoms with Crippen molar-refractivity contribution < 1.29 is 0 Å². The Balaban J connectivity index is 1.64. The summed E-state index contributed by atoms with van der Waals surface area (Å²) in [4.78, 5) is 2.52.